The molecule has 1 unspecified atom stereocenters. The first-order valence-corrected chi connectivity index (χ1v) is 4.89. The maximum atomic E-state index is 3.39. The van der Waals surface area contributed by atoms with Gasteiger partial charge in [-0.3, -0.25) is 0 Å². The van der Waals surface area contributed by atoms with Gasteiger partial charge in [0.05, 0.1) is 5.35 Å². The Morgan fingerprint density at radius 1 is 1.21 bits per heavy atom. The van der Waals surface area contributed by atoms with Crippen LogP contribution in [0, 0.1) is 0 Å². The number of fused-ring (bicyclic) bond motifs is 3. The molecule has 0 radical (unpaired) electrons. The third-order valence-electron chi connectivity index (χ3n) is 2.68. The van der Waals surface area contributed by atoms with Gasteiger partial charge in [-0.2, -0.15) is 0 Å². The zero-order chi connectivity index (χ0) is 9.54. The van der Waals surface area contributed by atoms with Gasteiger partial charge in [-0.25, -0.2) is 0 Å². The van der Waals surface area contributed by atoms with Crippen LogP contribution in [0.5, 0.6) is 0 Å². The molecule has 1 atom stereocenters. The third kappa shape index (κ3) is 0.970. The zero-order valence-electron chi connectivity index (χ0n) is 8.04. The van der Waals surface area contributed by atoms with Gasteiger partial charge in [-0.15, -0.1) is 0 Å². The summed E-state index contributed by atoms with van der Waals surface area (Å²) in [5.74, 6) is 0. The summed E-state index contributed by atoms with van der Waals surface area (Å²) in [4.78, 5) is 3.39. The van der Waals surface area contributed by atoms with Crippen molar-refractivity contribution in [2.45, 2.75) is 13.0 Å². The van der Waals surface area contributed by atoms with Crippen LogP contribution in [0.2, 0.25) is 0 Å². The summed E-state index contributed by atoms with van der Waals surface area (Å²) >= 11 is 0. The molecule has 3 rings (SSSR count). The maximum Gasteiger partial charge on any atom is 0.0622 e. The monoisotopic (exact) mass is 184 g/mol. The van der Waals surface area contributed by atoms with Crippen molar-refractivity contribution in [2.24, 2.45) is 0 Å². The highest BCUT2D eigenvalue weighted by atomic mass is 14.9. The van der Waals surface area contributed by atoms with Crippen LogP contribution in [-0.4, -0.2) is 11.0 Å². The maximum absolute atomic E-state index is 3.39. The number of aromatic amines is 1. The van der Waals surface area contributed by atoms with Crippen molar-refractivity contribution >= 4 is 23.2 Å². The highest BCUT2D eigenvalue weighted by molar-refractivity contribution is 5.81. The van der Waals surface area contributed by atoms with Crippen LogP contribution in [0.3, 0.4) is 0 Å². The lowest BCUT2D eigenvalue weighted by molar-refractivity contribution is 0.825. The number of hydrogen-bond acceptors (Lipinski definition) is 1. The molecule has 70 valence electrons. The summed E-state index contributed by atoms with van der Waals surface area (Å²) in [6.07, 6.45) is 4.31. The molecule has 0 saturated carbocycles. The van der Waals surface area contributed by atoms with Crippen molar-refractivity contribution in [3.63, 3.8) is 0 Å². The Balaban J connectivity index is 2.54. The number of H-pyrrole nitrogens is 1. The lowest BCUT2D eigenvalue weighted by atomic mass is 10.1. The SMILES string of the molecule is CC1C=c2c([nH]c3ccccc23)=CN1. The minimum absolute atomic E-state index is 0.418. The van der Waals surface area contributed by atoms with E-state index in [2.05, 4.69) is 53.8 Å². The number of benzene rings is 1. The molecule has 0 bridgehead atoms. The second kappa shape index (κ2) is 2.64. The molecule has 1 aliphatic heterocycles. The molecular weight excluding hydrogens is 172 g/mol. The van der Waals surface area contributed by atoms with Gasteiger partial charge in [-0.1, -0.05) is 24.3 Å². The predicted octanol–water partition coefficient (Wildman–Crippen LogP) is 0.678. The highest BCUT2D eigenvalue weighted by Gasteiger charge is 2.04. The summed E-state index contributed by atoms with van der Waals surface area (Å²) in [6.45, 7) is 2.15. The summed E-state index contributed by atoms with van der Waals surface area (Å²) in [7, 11) is 0. The van der Waals surface area contributed by atoms with Crippen molar-refractivity contribution in [3.8, 4) is 0 Å². The van der Waals surface area contributed by atoms with E-state index in [4.69, 9.17) is 0 Å². The van der Waals surface area contributed by atoms with E-state index in [-0.39, 0.29) is 0 Å². The summed E-state index contributed by atoms with van der Waals surface area (Å²) in [6, 6.07) is 8.83. The van der Waals surface area contributed by atoms with E-state index in [1.165, 1.54) is 21.5 Å². The zero-order valence-corrected chi connectivity index (χ0v) is 8.04. The molecule has 0 fully saturated rings. The fraction of sp³-hybridized carbons (Fsp3) is 0.167. The minimum Gasteiger partial charge on any atom is -0.383 e. The van der Waals surface area contributed by atoms with Crippen LogP contribution >= 0.6 is 0 Å². The molecule has 2 heterocycles. The summed E-state index contributed by atoms with van der Waals surface area (Å²) < 4.78 is 0. The minimum atomic E-state index is 0.418. The lowest BCUT2D eigenvalue weighted by Crippen LogP contribution is -2.36. The molecule has 0 spiro atoms. The van der Waals surface area contributed by atoms with Crippen molar-refractivity contribution < 1.29 is 0 Å². The molecule has 2 N–H and O–H groups in total. The normalized spacial score (nSPS) is 19.4. The number of hydrogen-bond donors (Lipinski definition) is 2. The standard InChI is InChI=1S/C12H12N2/c1-8-6-10-9-4-2-3-5-11(9)14-12(10)7-13-8/h2-8,13-14H,1H3. The van der Waals surface area contributed by atoms with E-state index >= 15 is 0 Å². The fourth-order valence-electron chi connectivity index (χ4n) is 1.99. The quantitative estimate of drug-likeness (QED) is 0.619. The first-order chi connectivity index (χ1) is 6.84. The van der Waals surface area contributed by atoms with Crippen molar-refractivity contribution in [2.75, 3.05) is 0 Å². The number of rotatable bonds is 0. The Kier molecular flexibility index (Phi) is 1.45. The molecule has 14 heavy (non-hydrogen) atoms. The van der Waals surface area contributed by atoms with E-state index in [1.807, 2.05) is 0 Å². The number of aromatic nitrogens is 1. The van der Waals surface area contributed by atoms with Crippen LogP contribution in [-0.2, 0) is 0 Å². The van der Waals surface area contributed by atoms with Crippen molar-refractivity contribution in [1.82, 2.24) is 10.3 Å². The first-order valence-electron chi connectivity index (χ1n) is 4.89. The van der Waals surface area contributed by atoms with Crippen LogP contribution < -0.4 is 15.9 Å². The Hall–Kier alpha value is -1.70. The van der Waals surface area contributed by atoms with Gasteiger partial charge in [0, 0.05) is 28.4 Å². The largest absolute Gasteiger partial charge is 0.383 e. The van der Waals surface area contributed by atoms with Gasteiger partial charge in [0.15, 0.2) is 0 Å². The van der Waals surface area contributed by atoms with E-state index in [0.717, 1.165) is 0 Å². The second-order valence-corrected chi connectivity index (χ2v) is 3.76. The van der Waals surface area contributed by atoms with Crippen LogP contribution in [0.15, 0.2) is 24.3 Å². The number of nitrogens with one attached hydrogen (secondary N) is 2. The third-order valence-corrected chi connectivity index (χ3v) is 2.68. The Morgan fingerprint density at radius 3 is 3.00 bits per heavy atom. The van der Waals surface area contributed by atoms with E-state index in [1.54, 1.807) is 0 Å². The topological polar surface area (TPSA) is 27.8 Å². The van der Waals surface area contributed by atoms with Crippen molar-refractivity contribution in [3.05, 3.63) is 34.8 Å². The van der Waals surface area contributed by atoms with Crippen LogP contribution in [0.4, 0.5) is 0 Å². The molecule has 2 nitrogen and oxygen atoms in total. The van der Waals surface area contributed by atoms with E-state index in [9.17, 15) is 0 Å². The fourth-order valence-corrected chi connectivity index (χ4v) is 1.99. The highest BCUT2D eigenvalue weighted by Crippen LogP contribution is 2.04. The van der Waals surface area contributed by atoms with Gasteiger partial charge >= 0.3 is 0 Å². The molecule has 1 aliphatic rings. The average molecular weight is 184 g/mol. The second-order valence-electron chi connectivity index (χ2n) is 3.76. The molecular formula is C12H12N2. The van der Waals surface area contributed by atoms with Gasteiger partial charge < -0.3 is 10.3 Å². The summed E-state index contributed by atoms with van der Waals surface area (Å²) in [5, 5.41) is 7.11. The Morgan fingerprint density at radius 2 is 2.07 bits per heavy atom. The Labute approximate surface area is 81.9 Å². The average Bonchev–Trinajstić information content (AvgIpc) is 2.56. The van der Waals surface area contributed by atoms with Crippen molar-refractivity contribution in [1.29, 1.82) is 0 Å². The molecule has 2 heteroatoms. The molecule has 0 amide bonds. The summed E-state index contributed by atoms with van der Waals surface area (Å²) in [5.41, 5.74) is 1.21. The molecule has 0 saturated heterocycles. The van der Waals surface area contributed by atoms with Gasteiger partial charge in [0.25, 0.3) is 0 Å². The smallest absolute Gasteiger partial charge is 0.0622 e. The van der Waals surface area contributed by atoms with Crippen LogP contribution in [0.25, 0.3) is 23.2 Å². The van der Waals surface area contributed by atoms with E-state index < -0.39 is 0 Å². The van der Waals surface area contributed by atoms with E-state index in [0.29, 0.717) is 6.04 Å². The first kappa shape index (κ1) is 7.68. The molecule has 2 aromatic rings. The Bertz CT molecular complexity index is 592. The molecule has 1 aromatic heterocycles. The van der Waals surface area contributed by atoms with Crippen LogP contribution in [0.1, 0.15) is 6.92 Å². The molecule has 1 aromatic carbocycles. The van der Waals surface area contributed by atoms with Gasteiger partial charge in [0.1, 0.15) is 0 Å². The predicted molar refractivity (Wildman–Crippen MR) is 59.1 cm³/mol. The number of para-hydroxylation sites is 1. The molecule has 0 aliphatic carbocycles. The van der Waals surface area contributed by atoms with Gasteiger partial charge in [0.2, 0.25) is 0 Å². The lowest BCUT2D eigenvalue weighted by Gasteiger charge is -2.08. The van der Waals surface area contributed by atoms with Gasteiger partial charge in [-0.05, 0) is 13.0 Å².